The lowest BCUT2D eigenvalue weighted by Gasteiger charge is -2.29. The Hall–Kier alpha value is -3.43. The van der Waals surface area contributed by atoms with Crippen LogP contribution in [0.5, 0.6) is 5.75 Å². The molecule has 1 fully saturated rings. The van der Waals surface area contributed by atoms with Gasteiger partial charge in [0.1, 0.15) is 18.4 Å². The lowest BCUT2D eigenvalue weighted by molar-refractivity contribution is -0.142. The maximum Gasteiger partial charge on any atom is 0.306 e. The number of rotatable bonds is 10. The Morgan fingerprint density at radius 1 is 1.11 bits per heavy atom. The van der Waals surface area contributed by atoms with Crippen molar-refractivity contribution in [3.05, 3.63) is 64.7 Å². The second-order valence-corrected chi connectivity index (χ2v) is 9.72. The van der Waals surface area contributed by atoms with Crippen molar-refractivity contribution in [2.24, 2.45) is 11.7 Å². The van der Waals surface area contributed by atoms with E-state index in [0.29, 0.717) is 23.5 Å². The second-order valence-electron chi connectivity index (χ2n) is 9.72. The van der Waals surface area contributed by atoms with Crippen LogP contribution >= 0.6 is 0 Å². The molecule has 4 N–H and O–H groups in total. The van der Waals surface area contributed by atoms with Crippen LogP contribution in [0.2, 0.25) is 0 Å². The monoisotopic (exact) mass is 495 g/mol. The van der Waals surface area contributed by atoms with Crippen LogP contribution in [-0.2, 0) is 29.3 Å². The fourth-order valence-electron chi connectivity index (χ4n) is 4.78. The van der Waals surface area contributed by atoms with Gasteiger partial charge in [-0.1, -0.05) is 37.3 Å². The number of nitrogens with zero attached hydrogens (tertiary/aromatic N) is 2. The minimum atomic E-state index is -1.05. The summed E-state index contributed by atoms with van der Waals surface area (Å²) in [6.07, 6.45) is 1.39. The van der Waals surface area contributed by atoms with Crippen LogP contribution in [0.4, 0.5) is 0 Å². The van der Waals surface area contributed by atoms with Gasteiger partial charge in [0.05, 0.1) is 18.6 Å². The summed E-state index contributed by atoms with van der Waals surface area (Å²) in [7, 11) is 0. The highest BCUT2D eigenvalue weighted by Crippen LogP contribution is 2.33. The Labute approximate surface area is 210 Å². The number of carbonyl (C=O) groups is 3. The number of carboxylic acid groups (broad SMARTS) is 1. The van der Waals surface area contributed by atoms with Crippen LogP contribution in [0, 0.1) is 5.92 Å². The first-order chi connectivity index (χ1) is 17.2. The number of hydrogen-bond acceptors (Lipinski definition) is 6. The lowest BCUT2D eigenvalue weighted by Crippen LogP contribution is -2.46. The van der Waals surface area contributed by atoms with Crippen LogP contribution in [-0.4, -0.2) is 63.0 Å². The first-order valence-corrected chi connectivity index (χ1v) is 12.3. The van der Waals surface area contributed by atoms with Crippen LogP contribution in [0.1, 0.15) is 53.2 Å². The van der Waals surface area contributed by atoms with E-state index in [2.05, 4.69) is 17.0 Å². The Morgan fingerprint density at radius 3 is 2.42 bits per heavy atom. The summed E-state index contributed by atoms with van der Waals surface area (Å²) < 4.78 is 6.07. The van der Waals surface area contributed by atoms with E-state index in [0.717, 1.165) is 38.0 Å². The molecule has 0 bridgehead atoms. The molecule has 0 aromatic heterocycles. The maximum atomic E-state index is 13.0. The molecule has 2 aliphatic heterocycles. The van der Waals surface area contributed by atoms with Gasteiger partial charge in [0.2, 0.25) is 5.91 Å². The smallest absolute Gasteiger partial charge is 0.306 e. The normalized spacial score (nSPS) is 18.1. The van der Waals surface area contributed by atoms with Gasteiger partial charge in [0.25, 0.3) is 5.91 Å². The number of aliphatic carboxylic acids is 1. The third kappa shape index (κ3) is 5.85. The molecule has 0 radical (unpaired) electrons. The number of aliphatic hydroxyl groups is 1. The van der Waals surface area contributed by atoms with E-state index in [-0.39, 0.29) is 25.0 Å². The summed E-state index contributed by atoms with van der Waals surface area (Å²) in [6, 6.07) is 12.4. The largest absolute Gasteiger partial charge is 0.489 e. The first-order valence-electron chi connectivity index (χ1n) is 12.3. The van der Waals surface area contributed by atoms with Gasteiger partial charge in [-0.05, 0) is 42.5 Å². The number of piperidine rings is 1. The van der Waals surface area contributed by atoms with Gasteiger partial charge < -0.3 is 25.6 Å². The average Bonchev–Trinajstić information content (AvgIpc) is 3.19. The van der Waals surface area contributed by atoms with E-state index < -0.39 is 23.8 Å². The van der Waals surface area contributed by atoms with E-state index in [1.54, 1.807) is 18.2 Å². The molecule has 0 spiro atoms. The zero-order valence-electron chi connectivity index (χ0n) is 20.4. The second kappa shape index (κ2) is 11.1. The first kappa shape index (κ1) is 25.7. The molecular formula is C27H33N3O6. The quantitative estimate of drug-likeness (QED) is 0.460. The third-order valence-corrected chi connectivity index (χ3v) is 7.04. The van der Waals surface area contributed by atoms with Gasteiger partial charge in [0, 0.05) is 30.8 Å². The van der Waals surface area contributed by atoms with Gasteiger partial charge >= 0.3 is 5.97 Å². The molecule has 2 aromatic rings. The van der Waals surface area contributed by atoms with Gasteiger partial charge in [-0.15, -0.1) is 0 Å². The Morgan fingerprint density at radius 2 is 1.78 bits per heavy atom. The summed E-state index contributed by atoms with van der Waals surface area (Å²) in [5, 5.41) is 18.9. The Kier molecular flexibility index (Phi) is 7.91. The molecule has 9 nitrogen and oxygen atoms in total. The molecule has 2 atom stereocenters. The average molecular weight is 496 g/mol. The number of nitrogens with two attached hydrogens (primary N) is 1. The standard InChI is InChI=1S/C27H33N3O6/c1-17(27(34)35)13-23(25(28)32)30-15-22-21(26(30)33)3-2-4-24(22)36-16-19-7-5-18(6-8-19)14-29-11-9-20(31)10-12-29/h2-8,17,20,23,31H,9-16H2,1H3,(H2,28,32)(H,34,35). The number of carboxylic acids is 1. The third-order valence-electron chi connectivity index (χ3n) is 7.04. The van der Waals surface area contributed by atoms with E-state index in [1.807, 2.05) is 12.1 Å². The molecule has 2 aliphatic rings. The topological polar surface area (TPSA) is 133 Å². The lowest BCUT2D eigenvalue weighted by atomic mass is 10.0. The molecule has 2 heterocycles. The summed E-state index contributed by atoms with van der Waals surface area (Å²) >= 11 is 0. The van der Waals surface area contributed by atoms with Crippen molar-refractivity contribution >= 4 is 17.8 Å². The number of aliphatic hydroxyl groups excluding tert-OH is 1. The SMILES string of the molecule is CC(CC(C(N)=O)N1Cc2c(OCc3ccc(CN4CCC(O)CC4)cc3)cccc2C1=O)C(=O)O. The van der Waals surface area contributed by atoms with E-state index in [4.69, 9.17) is 10.5 Å². The van der Waals surface area contributed by atoms with Crippen molar-refractivity contribution in [2.45, 2.75) is 58.0 Å². The highest BCUT2D eigenvalue weighted by atomic mass is 16.5. The van der Waals surface area contributed by atoms with Crippen molar-refractivity contribution in [1.29, 1.82) is 0 Å². The maximum absolute atomic E-state index is 13.0. The summed E-state index contributed by atoms with van der Waals surface area (Å²) in [5.74, 6) is -2.40. The predicted octanol–water partition coefficient (Wildman–Crippen LogP) is 2.14. The zero-order chi connectivity index (χ0) is 25.8. The molecule has 36 heavy (non-hydrogen) atoms. The number of ether oxygens (including phenoxy) is 1. The summed E-state index contributed by atoms with van der Waals surface area (Å²) in [6.45, 7) is 4.57. The van der Waals surface area contributed by atoms with Gasteiger partial charge in [-0.2, -0.15) is 0 Å². The molecule has 2 aromatic carbocycles. The minimum absolute atomic E-state index is 0.0507. The molecule has 192 valence electrons. The van der Waals surface area contributed by atoms with E-state index >= 15 is 0 Å². The predicted molar refractivity (Wildman–Crippen MR) is 132 cm³/mol. The molecule has 9 heteroatoms. The fourth-order valence-corrected chi connectivity index (χ4v) is 4.78. The zero-order valence-corrected chi connectivity index (χ0v) is 20.4. The van der Waals surface area contributed by atoms with Crippen molar-refractivity contribution < 1.29 is 29.3 Å². The van der Waals surface area contributed by atoms with Crippen molar-refractivity contribution in [3.8, 4) is 5.75 Å². The number of primary amides is 1. The van der Waals surface area contributed by atoms with Gasteiger partial charge in [0.15, 0.2) is 0 Å². The van der Waals surface area contributed by atoms with Crippen LogP contribution in [0.3, 0.4) is 0 Å². The molecule has 1 saturated heterocycles. The van der Waals surface area contributed by atoms with Crippen molar-refractivity contribution in [3.63, 3.8) is 0 Å². The summed E-state index contributed by atoms with van der Waals surface area (Å²) in [4.78, 5) is 40.1. The Bertz CT molecular complexity index is 1110. The van der Waals surface area contributed by atoms with Crippen molar-refractivity contribution in [2.75, 3.05) is 13.1 Å². The minimum Gasteiger partial charge on any atom is -0.489 e. The highest BCUT2D eigenvalue weighted by molar-refractivity contribution is 6.01. The number of likely N-dealkylation sites (tertiary alicyclic amines) is 1. The van der Waals surface area contributed by atoms with Crippen LogP contribution in [0.15, 0.2) is 42.5 Å². The van der Waals surface area contributed by atoms with Crippen LogP contribution in [0.25, 0.3) is 0 Å². The number of carbonyl (C=O) groups excluding carboxylic acids is 2. The number of amides is 2. The Balaban J connectivity index is 1.40. The number of benzene rings is 2. The molecule has 4 rings (SSSR count). The van der Waals surface area contributed by atoms with Gasteiger partial charge in [-0.25, -0.2) is 0 Å². The van der Waals surface area contributed by atoms with E-state index in [1.165, 1.54) is 17.4 Å². The van der Waals surface area contributed by atoms with Gasteiger partial charge in [-0.3, -0.25) is 19.3 Å². The molecule has 0 saturated carbocycles. The molecule has 2 unspecified atom stereocenters. The summed E-state index contributed by atoms with van der Waals surface area (Å²) in [5.41, 5.74) is 8.82. The van der Waals surface area contributed by atoms with E-state index in [9.17, 15) is 24.6 Å². The van der Waals surface area contributed by atoms with Crippen LogP contribution < -0.4 is 10.5 Å². The molecule has 2 amide bonds. The van der Waals surface area contributed by atoms with Crippen molar-refractivity contribution in [1.82, 2.24) is 9.80 Å². The number of fused-ring (bicyclic) bond motifs is 1. The molecular weight excluding hydrogens is 462 g/mol. The molecule has 0 aliphatic carbocycles. The number of hydrogen-bond donors (Lipinski definition) is 3. The highest BCUT2D eigenvalue weighted by Gasteiger charge is 2.38. The fraction of sp³-hybridized carbons (Fsp3) is 0.444.